The smallest absolute Gasteiger partial charge is 0.332 e. The number of ether oxygens (including phenoxy) is 1. The Balaban J connectivity index is 1.78. The molecule has 0 saturated heterocycles. The van der Waals surface area contributed by atoms with Crippen LogP contribution < -0.4 is 16.6 Å². The van der Waals surface area contributed by atoms with E-state index in [0.29, 0.717) is 6.54 Å². The molecule has 3 heterocycles. The second-order valence-electron chi connectivity index (χ2n) is 5.84. The first-order chi connectivity index (χ1) is 12.4. The molecule has 10 heteroatoms. The number of imidazole rings is 1. The van der Waals surface area contributed by atoms with Crippen LogP contribution in [-0.2, 0) is 30.2 Å². The average molecular weight is 377 g/mol. The Bertz CT molecular complexity index is 1050. The lowest BCUT2D eigenvalue weighted by molar-refractivity contribution is -0.122. The molecule has 0 aromatic carbocycles. The molecule has 3 aromatic heterocycles. The van der Waals surface area contributed by atoms with Crippen LogP contribution in [0.25, 0.3) is 11.2 Å². The van der Waals surface area contributed by atoms with E-state index in [9.17, 15) is 14.4 Å². The summed E-state index contributed by atoms with van der Waals surface area (Å²) in [7, 11) is 4.51. The van der Waals surface area contributed by atoms with Gasteiger partial charge in [0.15, 0.2) is 11.2 Å². The number of rotatable bonds is 6. The molecule has 0 saturated carbocycles. The van der Waals surface area contributed by atoms with Gasteiger partial charge in [0.1, 0.15) is 12.6 Å². The van der Waals surface area contributed by atoms with Crippen molar-refractivity contribution in [2.75, 3.05) is 13.7 Å². The van der Waals surface area contributed by atoms with Crippen molar-refractivity contribution in [1.29, 1.82) is 0 Å². The summed E-state index contributed by atoms with van der Waals surface area (Å²) in [6.07, 6.45) is 1.15. The number of amides is 1. The predicted molar refractivity (Wildman–Crippen MR) is 97.3 cm³/mol. The maximum absolute atomic E-state index is 12.4. The van der Waals surface area contributed by atoms with Crippen LogP contribution in [0.5, 0.6) is 0 Å². The number of carbonyl (C=O) groups is 1. The molecule has 3 rings (SSSR count). The fourth-order valence-electron chi connectivity index (χ4n) is 2.73. The van der Waals surface area contributed by atoms with Gasteiger partial charge in [-0.25, -0.2) is 9.78 Å². The number of thiophene rings is 1. The third kappa shape index (κ3) is 3.20. The van der Waals surface area contributed by atoms with Gasteiger partial charge in [-0.3, -0.25) is 18.7 Å². The van der Waals surface area contributed by atoms with E-state index in [2.05, 4.69) is 10.3 Å². The fraction of sp³-hybridized carbons (Fsp3) is 0.375. The fourth-order valence-corrected chi connectivity index (χ4v) is 3.43. The predicted octanol–water partition coefficient (Wildman–Crippen LogP) is -0.000900. The highest BCUT2D eigenvalue weighted by Gasteiger charge is 2.17. The van der Waals surface area contributed by atoms with Crippen LogP contribution >= 0.6 is 11.3 Å². The van der Waals surface area contributed by atoms with Gasteiger partial charge in [0.05, 0.1) is 6.33 Å². The van der Waals surface area contributed by atoms with Crippen LogP contribution in [0.2, 0.25) is 0 Å². The SMILES string of the molecule is CO[C@H](CNC(=O)Cn1cnc2c1c(=O)n(C)c(=O)n2C)c1ccsc1. The normalized spacial score (nSPS) is 12.4. The second kappa shape index (κ2) is 7.26. The second-order valence-corrected chi connectivity index (χ2v) is 6.62. The molecule has 0 aliphatic heterocycles. The van der Waals surface area contributed by atoms with Crippen molar-refractivity contribution in [3.05, 3.63) is 49.6 Å². The van der Waals surface area contributed by atoms with E-state index in [1.165, 1.54) is 29.6 Å². The summed E-state index contributed by atoms with van der Waals surface area (Å²) in [4.78, 5) is 40.7. The molecule has 0 unspecified atom stereocenters. The van der Waals surface area contributed by atoms with E-state index in [1.54, 1.807) is 18.4 Å². The lowest BCUT2D eigenvalue weighted by atomic mass is 10.2. The average Bonchev–Trinajstić information content (AvgIpc) is 3.29. The van der Waals surface area contributed by atoms with Gasteiger partial charge >= 0.3 is 5.69 Å². The zero-order chi connectivity index (χ0) is 18.8. The number of nitrogens with zero attached hydrogens (tertiary/aromatic N) is 4. The third-order valence-corrected chi connectivity index (χ3v) is 4.92. The van der Waals surface area contributed by atoms with Gasteiger partial charge in [-0.05, 0) is 22.4 Å². The summed E-state index contributed by atoms with van der Waals surface area (Å²) in [5.74, 6) is -0.280. The summed E-state index contributed by atoms with van der Waals surface area (Å²) in [5.41, 5.74) is 0.511. The monoisotopic (exact) mass is 377 g/mol. The highest BCUT2D eigenvalue weighted by molar-refractivity contribution is 7.07. The van der Waals surface area contributed by atoms with Crippen LogP contribution in [0.1, 0.15) is 11.7 Å². The number of hydrogen-bond donors (Lipinski definition) is 1. The summed E-state index contributed by atoms with van der Waals surface area (Å²) in [6.45, 7) is 0.235. The Kier molecular flexibility index (Phi) is 5.05. The number of nitrogens with one attached hydrogen (secondary N) is 1. The van der Waals surface area contributed by atoms with Gasteiger partial charge in [0.2, 0.25) is 5.91 Å². The van der Waals surface area contributed by atoms with Crippen LogP contribution in [0.15, 0.2) is 32.7 Å². The van der Waals surface area contributed by atoms with Gasteiger partial charge < -0.3 is 14.6 Å². The molecule has 0 fully saturated rings. The quantitative estimate of drug-likeness (QED) is 0.652. The van der Waals surface area contributed by atoms with Gasteiger partial charge in [-0.1, -0.05) is 0 Å². The first kappa shape index (κ1) is 18.1. The molecule has 0 aliphatic carbocycles. The standard InChI is InChI=1S/C16H19N5O4S/c1-19-14-13(15(23)20(2)16(19)24)21(9-18-14)7-12(22)17-6-11(25-3)10-4-5-26-8-10/h4-5,8-9,11H,6-7H2,1-3H3,(H,17,22)/t11-/m1/s1. The van der Waals surface area contributed by atoms with Crippen molar-refractivity contribution in [3.63, 3.8) is 0 Å². The van der Waals surface area contributed by atoms with Gasteiger partial charge in [0, 0.05) is 27.7 Å². The van der Waals surface area contributed by atoms with E-state index in [0.717, 1.165) is 10.1 Å². The van der Waals surface area contributed by atoms with E-state index >= 15 is 0 Å². The minimum absolute atomic E-state index is 0.0794. The number of methoxy groups -OCH3 is 1. The Morgan fingerprint density at radius 3 is 2.77 bits per heavy atom. The Morgan fingerprint density at radius 1 is 1.35 bits per heavy atom. The summed E-state index contributed by atoms with van der Waals surface area (Å²) >= 11 is 1.56. The highest BCUT2D eigenvalue weighted by Crippen LogP contribution is 2.18. The third-order valence-electron chi connectivity index (χ3n) is 4.22. The van der Waals surface area contributed by atoms with Gasteiger partial charge in [-0.15, -0.1) is 0 Å². The van der Waals surface area contributed by atoms with Crippen molar-refractivity contribution >= 4 is 28.4 Å². The van der Waals surface area contributed by atoms with Crippen molar-refractivity contribution in [2.24, 2.45) is 14.1 Å². The van der Waals surface area contributed by atoms with Crippen LogP contribution in [0.3, 0.4) is 0 Å². The van der Waals surface area contributed by atoms with Crippen molar-refractivity contribution < 1.29 is 9.53 Å². The molecule has 0 radical (unpaired) electrons. The molecule has 0 bridgehead atoms. The number of carbonyl (C=O) groups excluding carboxylic acids is 1. The van der Waals surface area contributed by atoms with Gasteiger partial charge in [-0.2, -0.15) is 11.3 Å². The van der Waals surface area contributed by atoms with Crippen LogP contribution in [0.4, 0.5) is 0 Å². The minimum Gasteiger partial charge on any atom is -0.375 e. The Labute approximate surface area is 152 Å². The lowest BCUT2D eigenvalue weighted by Gasteiger charge is -2.15. The molecule has 26 heavy (non-hydrogen) atoms. The largest absolute Gasteiger partial charge is 0.375 e. The zero-order valence-electron chi connectivity index (χ0n) is 14.6. The summed E-state index contributed by atoms with van der Waals surface area (Å²) < 4.78 is 9.12. The molecule has 9 nitrogen and oxygen atoms in total. The number of aromatic nitrogens is 4. The van der Waals surface area contributed by atoms with Crippen molar-refractivity contribution in [1.82, 2.24) is 24.0 Å². The molecule has 0 aliphatic rings. The molecule has 1 atom stereocenters. The molecule has 3 aromatic rings. The summed E-state index contributed by atoms with van der Waals surface area (Å²) in [5, 5.41) is 6.71. The lowest BCUT2D eigenvalue weighted by Crippen LogP contribution is -2.38. The zero-order valence-corrected chi connectivity index (χ0v) is 15.4. The van der Waals surface area contributed by atoms with Crippen LogP contribution in [-0.4, -0.2) is 38.2 Å². The van der Waals surface area contributed by atoms with E-state index in [-0.39, 0.29) is 29.7 Å². The number of fused-ring (bicyclic) bond motifs is 1. The van der Waals surface area contributed by atoms with Crippen molar-refractivity contribution in [3.8, 4) is 0 Å². The maximum atomic E-state index is 12.4. The Hall–Kier alpha value is -2.72. The maximum Gasteiger partial charge on any atom is 0.332 e. The van der Waals surface area contributed by atoms with Gasteiger partial charge in [0.25, 0.3) is 5.56 Å². The van der Waals surface area contributed by atoms with Crippen molar-refractivity contribution in [2.45, 2.75) is 12.6 Å². The first-order valence-corrected chi connectivity index (χ1v) is 8.80. The van der Waals surface area contributed by atoms with Crippen LogP contribution in [0, 0.1) is 0 Å². The number of aryl methyl sites for hydroxylation is 1. The highest BCUT2D eigenvalue weighted by atomic mass is 32.1. The summed E-state index contributed by atoms with van der Waals surface area (Å²) in [6, 6.07) is 1.94. The van der Waals surface area contributed by atoms with E-state index in [1.807, 2.05) is 16.8 Å². The van der Waals surface area contributed by atoms with E-state index in [4.69, 9.17) is 4.74 Å². The Morgan fingerprint density at radius 2 is 2.12 bits per heavy atom. The van der Waals surface area contributed by atoms with E-state index < -0.39 is 11.2 Å². The molecule has 1 N–H and O–H groups in total. The minimum atomic E-state index is -0.485. The molecular formula is C16H19N5O4S. The molecule has 1 amide bonds. The molecule has 0 spiro atoms. The molecule has 138 valence electrons. The molecular weight excluding hydrogens is 358 g/mol. The first-order valence-electron chi connectivity index (χ1n) is 7.86. The number of hydrogen-bond acceptors (Lipinski definition) is 6. The topological polar surface area (TPSA) is 100 Å².